The fraction of sp³-hybridized carbons (Fsp3) is 0.294. The minimum absolute atomic E-state index is 0.497. The van der Waals surface area contributed by atoms with Crippen LogP contribution in [0.3, 0.4) is 0 Å². The van der Waals surface area contributed by atoms with Crippen LogP contribution in [0.15, 0.2) is 46.9 Å². The van der Waals surface area contributed by atoms with Gasteiger partial charge in [-0.25, -0.2) is 0 Å². The highest BCUT2D eigenvalue weighted by Crippen LogP contribution is 2.27. The minimum Gasteiger partial charge on any atom is -0.457 e. The zero-order valence-corrected chi connectivity index (χ0v) is 13.7. The number of nitrogens with one attached hydrogen (secondary N) is 1. The standard InChI is InChI=1S/C17H20BrNO/c1-12(2)19-11-14-4-7-16(8-5-14)20-17-9-6-15(18)10-13(17)3/h4-10,12,19H,11H2,1-3H3. The van der Waals surface area contributed by atoms with Crippen LogP contribution < -0.4 is 10.1 Å². The summed E-state index contributed by atoms with van der Waals surface area (Å²) >= 11 is 3.46. The molecule has 2 aromatic rings. The summed E-state index contributed by atoms with van der Waals surface area (Å²) in [4.78, 5) is 0. The second-order valence-corrected chi connectivity index (χ2v) is 6.11. The van der Waals surface area contributed by atoms with E-state index in [-0.39, 0.29) is 0 Å². The van der Waals surface area contributed by atoms with Crippen molar-refractivity contribution in [2.24, 2.45) is 0 Å². The molecule has 2 aromatic carbocycles. The van der Waals surface area contributed by atoms with E-state index < -0.39 is 0 Å². The van der Waals surface area contributed by atoms with Crippen molar-refractivity contribution < 1.29 is 4.74 Å². The molecule has 0 unspecified atom stereocenters. The van der Waals surface area contributed by atoms with Crippen LogP contribution in [0.4, 0.5) is 0 Å². The average molecular weight is 334 g/mol. The number of halogens is 1. The van der Waals surface area contributed by atoms with Gasteiger partial charge >= 0.3 is 0 Å². The molecule has 20 heavy (non-hydrogen) atoms. The molecule has 0 saturated heterocycles. The van der Waals surface area contributed by atoms with Gasteiger partial charge in [0.25, 0.3) is 0 Å². The van der Waals surface area contributed by atoms with Gasteiger partial charge in [-0.2, -0.15) is 0 Å². The van der Waals surface area contributed by atoms with Gasteiger partial charge in [-0.1, -0.05) is 41.9 Å². The van der Waals surface area contributed by atoms with Crippen LogP contribution >= 0.6 is 15.9 Å². The molecule has 0 aliphatic rings. The van der Waals surface area contributed by atoms with Gasteiger partial charge in [-0.3, -0.25) is 0 Å². The zero-order chi connectivity index (χ0) is 14.5. The molecule has 0 saturated carbocycles. The van der Waals surface area contributed by atoms with E-state index in [4.69, 9.17) is 4.74 Å². The van der Waals surface area contributed by atoms with E-state index in [1.807, 2.05) is 31.2 Å². The lowest BCUT2D eigenvalue weighted by molar-refractivity contribution is 0.478. The summed E-state index contributed by atoms with van der Waals surface area (Å²) in [6.45, 7) is 7.22. The largest absolute Gasteiger partial charge is 0.457 e. The molecule has 0 aromatic heterocycles. The minimum atomic E-state index is 0.497. The van der Waals surface area contributed by atoms with Crippen LogP contribution in [0.25, 0.3) is 0 Å². The predicted octanol–water partition coefficient (Wildman–Crippen LogP) is 5.05. The van der Waals surface area contributed by atoms with Gasteiger partial charge in [0.05, 0.1) is 0 Å². The molecular weight excluding hydrogens is 314 g/mol. The van der Waals surface area contributed by atoms with Crippen LogP contribution in [-0.2, 0) is 6.54 Å². The van der Waals surface area contributed by atoms with Crippen LogP contribution in [0.5, 0.6) is 11.5 Å². The number of ether oxygens (including phenoxy) is 1. The van der Waals surface area contributed by atoms with Crippen molar-refractivity contribution in [3.63, 3.8) is 0 Å². The Morgan fingerprint density at radius 3 is 2.40 bits per heavy atom. The number of hydrogen-bond donors (Lipinski definition) is 1. The van der Waals surface area contributed by atoms with Crippen molar-refractivity contribution in [1.29, 1.82) is 0 Å². The Hall–Kier alpha value is -1.32. The Kier molecular flexibility index (Phi) is 5.21. The first-order chi connectivity index (χ1) is 9.54. The first-order valence-corrected chi connectivity index (χ1v) is 7.60. The first kappa shape index (κ1) is 15.1. The van der Waals surface area contributed by atoms with Gasteiger partial charge in [0.2, 0.25) is 0 Å². The molecule has 0 spiro atoms. The van der Waals surface area contributed by atoms with Crippen molar-refractivity contribution >= 4 is 15.9 Å². The summed E-state index contributed by atoms with van der Waals surface area (Å²) < 4.78 is 6.97. The quantitative estimate of drug-likeness (QED) is 0.826. The van der Waals surface area contributed by atoms with E-state index in [9.17, 15) is 0 Å². The van der Waals surface area contributed by atoms with E-state index in [1.54, 1.807) is 0 Å². The van der Waals surface area contributed by atoms with Crippen molar-refractivity contribution in [2.45, 2.75) is 33.4 Å². The normalized spacial score (nSPS) is 10.8. The molecule has 3 heteroatoms. The zero-order valence-electron chi connectivity index (χ0n) is 12.1. The molecule has 2 rings (SSSR count). The molecule has 0 amide bonds. The highest BCUT2D eigenvalue weighted by molar-refractivity contribution is 9.10. The molecule has 0 bridgehead atoms. The Morgan fingerprint density at radius 1 is 1.10 bits per heavy atom. The van der Waals surface area contributed by atoms with Crippen LogP contribution in [-0.4, -0.2) is 6.04 Å². The lowest BCUT2D eigenvalue weighted by atomic mass is 10.2. The van der Waals surface area contributed by atoms with Crippen LogP contribution in [0.1, 0.15) is 25.0 Å². The number of hydrogen-bond acceptors (Lipinski definition) is 2. The van der Waals surface area contributed by atoms with Gasteiger partial charge in [-0.15, -0.1) is 0 Å². The van der Waals surface area contributed by atoms with Crippen molar-refractivity contribution in [2.75, 3.05) is 0 Å². The molecular formula is C17H20BrNO. The molecule has 0 aliphatic heterocycles. The Balaban J connectivity index is 2.03. The van der Waals surface area contributed by atoms with Crippen LogP contribution in [0, 0.1) is 6.92 Å². The molecule has 0 heterocycles. The van der Waals surface area contributed by atoms with Crippen molar-refractivity contribution in [3.05, 3.63) is 58.1 Å². The molecule has 1 N–H and O–H groups in total. The van der Waals surface area contributed by atoms with E-state index in [0.29, 0.717) is 6.04 Å². The molecule has 0 aliphatic carbocycles. The third-order valence-electron chi connectivity index (χ3n) is 3.00. The summed E-state index contributed by atoms with van der Waals surface area (Å²) in [7, 11) is 0. The smallest absolute Gasteiger partial charge is 0.130 e. The summed E-state index contributed by atoms with van der Waals surface area (Å²) in [6, 6.07) is 14.7. The van der Waals surface area contributed by atoms with Gasteiger partial charge in [0.15, 0.2) is 0 Å². The van der Waals surface area contributed by atoms with Gasteiger partial charge < -0.3 is 10.1 Å². The average Bonchev–Trinajstić information content (AvgIpc) is 2.41. The molecule has 106 valence electrons. The fourth-order valence-corrected chi connectivity index (χ4v) is 2.33. The number of aryl methyl sites for hydroxylation is 1. The second-order valence-electron chi connectivity index (χ2n) is 5.19. The van der Waals surface area contributed by atoms with Gasteiger partial charge in [0, 0.05) is 17.1 Å². The van der Waals surface area contributed by atoms with Crippen molar-refractivity contribution in [3.8, 4) is 11.5 Å². The second kappa shape index (κ2) is 6.91. The maximum absolute atomic E-state index is 5.90. The monoisotopic (exact) mass is 333 g/mol. The number of rotatable bonds is 5. The molecule has 0 atom stereocenters. The van der Waals surface area contributed by atoms with Crippen molar-refractivity contribution in [1.82, 2.24) is 5.32 Å². The van der Waals surface area contributed by atoms with E-state index in [0.717, 1.165) is 28.1 Å². The van der Waals surface area contributed by atoms with E-state index in [1.165, 1.54) is 5.56 Å². The van der Waals surface area contributed by atoms with E-state index in [2.05, 4.69) is 53.3 Å². The van der Waals surface area contributed by atoms with E-state index >= 15 is 0 Å². The number of benzene rings is 2. The molecule has 2 nitrogen and oxygen atoms in total. The fourth-order valence-electron chi connectivity index (χ4n) is 1.85. The van der Waals surface area contributed by atoms with Gasteiger partial charge in [-0.05, 0) is 48.4 Å². The summed E-state index contributed by atoms with van der Waals surface area (Å²) in [6.07, 6.45) is 0. The topological polar surface area (TPSA) is 21.3 Å². The maximum Gasteiger partial charge on any atom is 0.130 e. The highest BCUT2D eigenvalue weighted by atomic mass is 79.9. The first-order valence-electron chi connectivity index (χ1n) is 6.81. The molecule has 0 fully saturated rings. The third-order valence-corrected chi connectivity index (χ3v) is 3.50. The Bertz CT molecular complexity index is 564. The lowest BCUT2D eigenvalue weighted by Gasteiger charge is -2.11. The van der Waals surface area contributed by atoms with Crippen LogP contribution in [0.2, 0.25) is 0 Å². The Labute approximate surface area is 129 Å². The summed E-state index contributed by atoms with van der Waals surface area (Å²) in [5.41, 5.74) is 2.38. The third kappa shape index (κ3) is 4.36. The van der Waals surface area contributed by atoms with Gasteiger partial charge in [0.1, 0.15) is 11.5 Å². The highest BCUT2D eigenvalue weighted by Gasteiger charge is 2.02. The predicted molar refractivity (Wildman–Crippen MR) is 87.4 cm³/mol. The molecule has 0 radical (unpaired) electrons. The Morgan fingerprint density at radius 2 is 1.80 bits per heavy atom. The summed E-state index contributed by atoms with van der Waals surface area (Å²) in [5, 5.41) is 3.40. The SMILES string of the molecule is Cc1cc(Br)ccc1Oc1ccc(CNC(C)C)cc1. The summed E-state index contributed by atoms with van der Waals surface area (Å²) in [5.74, 6) is 1.75. The lowest BCUT2D eigenvalue weighted by Crippen LogP contribution is -2.21. The maximum atomic E-state index is 5.90.